The Bertz CT molecular complexity index is 3290. The quantitative estimate of drug-likeness (QED) is 0.189. The Labute approximate surface area is 297 Å². The maximum Gasteiger partial charge on any atom is 0.238 e. The van der Waals surface area contributed by atoms with Crippen molar-refractivity contribution >= 4 is 65.4 Å². The summed E-state index contributed by atoms with van der Waals surface area (Å²) < 4.78 is 9.00. The van der Waals surface area contributed by atoms with Gasteiger partial charge in [-0.25, -0.2) is 4.98 Å². The lowest BCUT2D eigenvalue weighted by atomic mass is 9.93. The molecule has 4 nitrogen and oxygen atoms in total. The third kappa shape index (κ3) is 3.70. The van der Waals surface area contributed by atoms with Gasteiger partial charge in [-0.3, -0.25) is 4.57 Å². The van der Waals surface area contributed by atoms with E-state index in [0.717, 1.165) is 60.5 Å². The molecule has 12 rings (SSSR count). The van der Waals surface area contributed by atoms with Gasteiger partial charge in [0, 0.05) is 21.7 Å². The number of nitrogens with zero attached hydrogens (tertiary/aromatic N) is 3. The first-order valence-electron chi connectivity index (χ1n) is 17.7. The fraction of sp³-hybridized carbons (Fsp3) is 0. The standard InChI is InChI=1S/C48H27N3O/c1-2-11-28(12-3-1)31-23-25-38-41(27-31)52-47-44(38)46(37-21-8-14-29-13-4-5-16-32(29)37)49-48(50-47)51-39-22-10-20-36-34-18-7-6-17-33(34)35-19-9-15-30-24-26-40(51)45(42(30)35)43(36)39/h1-27H. The molecule has 0 saturated carbocycles. The van der Waals surface area contributed by atoms with Crippen molar-refractivity contribution in [1.29, 1.82) is 0 Å². The van der Waals surface area contributed by atoms with Crippen molar-refractivity contribution in [2.75, 3.05) is 0 Å². The second-order valence-electron chi connectivity index (χ2n) is 13.7. The van der Waals surface area contributed by atoms with Gasteiger partial charge in [0.1, 0.15) is 5.58 Å². The van der Waals surface area contributed by atoms with Gasteiger partial charge < -0.3 is 4.42 Å². The first-order chi connectivity index (χ1) is 25.8. The summed E-state index contributed by atoms with van der Waals surface area (Å²) in [5.41, 5.74) is 12.6. The van der Waals surface area contributed by atoms with Crippen molar-refractivity contribution in [3.63, 3.8) is 0 Å². The van der Waals surface area contributed by atoms with E-state index in [-0.39, 0.29) is 0 Å². The van der Waals surface area contributed by atoms with Crippen LogP contribution in [0.2, 0.25) is 0 Å². The van der Waals surface area contributed by atoms with E-state index in [4.69, 9.17) is 14.4 Å². The molecule has 0 fully saturated rings. The summed E-state index contributed by atoms with van der Waals surface area (Å²) >= 11 is 0. The number of benzene rings is 8. The Hall–Kier alpha value is -7.04. The maximum atomic E-state index is 6.76. The highest BCUT2D eigenvalue weighted by Gasteiger charge is 2.27. The minimum Gasteiger partial charge on any atom is -0.437 e. The summed E-state index contributed by atoms with van der Waals surface area (Å²) in [6.45, 7) is 0. The van der Waals surface area contributed by atoms with Crippen LogP contribution in [-0.4, -0.2) is 14.5 Å². The highest BCUT2D eigenvalue weighted by molar-refractivity contribution is 6.30. The molecule has 0 atom stereocenters. The predicted molar refractivity (Wildman–Crippen MR) is 214 cm³/mol. The number of hydrogen-bond acceptors (Lipinski definition) is 3. The molecule has 0 bridgehead atoms. The molecular formula is C48H27N3O. The first-order valence-corrected chi connectivity index (χ1v) is 17.7. The smallest absolute Gasteiger partial charge is 0.238 e. The van der Waals surface area contributed by atoms with Crippen LogP contribution in [0, 0.1) is 0 Å². The van der Waals surface area contributed by atoms with E-state index >= 15 is 0 Å². The zero-order chi connectivity index (χ0) is 33.9. The number of fused-ring (bicyclic) bond motifs is 7. The monoisotopic (exact) mass is 661 g/mol. The molecule has 0 aliphatic heterocycles. The van der Waals surface area contributed by atoms with Crippen LogP contribution >= 0.6 is 0 Å². The van der Waals surface area contributed by atoms with Crippen LogP contribution in [0.25, 0.3) is 116 Å². The van der Waals surface area contributed by atoms with E-state index in [9.17, 15) is 0 Å². The van der Waals surface area contributed by atoms with Gasteiger partial charge in [-0.05, 0) is 79.2 Å². The molecule has 0 spiro atoms. The van der Waals surface area contributed by atoms with E-state index in [1.54, 1.807) is 0 Å². The van der Waals surface area contributed by atoms with Crippen LogP contribution in [0.1, 0.15) is 0 Å². The molecule has 0 unspecified atom stereocenters. The second kappa shape index (κ2) is 10.3. The van der Waals surface area contributed by atoms with Crippen molar-refractivity contribution in [2.24, 2.45) is 0 Å². The summed E-state index contributed by atoms with van der Waals surface area (Å²) in [6, 6.07) is 58.4. The fourth-order valence-corrected chi connectivity index (χ4v) is 8.74. The highest BCUT2D eigenvalue weighted by Crippen LogP contribution is 2.49. The molecule has 4 heteroatoms. The lowest BCUT2D eigenvalue weighted by Gasteiger charge is -2.14. The Morgan fingerprint density at radius 3 is 1.94 bits per heavy atom. The van der Waals surface area contributed by atoms with Crippen LogP contribution < -0.4 is 0 Å². The first kappa shape index (κ1) is 27.7. The summed E-state index contributed by atoms with van der Waals surface area (Å²) in [4.78, 5) is 10.9. The third-order valence-electron chi connectivity index (χ3n) is 11.0. The molecule has 1 aliphatic rings. The van der Waals surface area contributed by atoms with E-state index in [2.05, 4.69) is 162 Å². The van der Waals surface area contributed by atoms with Gasteiger partial charge in [0.25, 0.3) is 0 Å². The van der Waals surface area contributed by atoms with E-state index < -0.39 is 0 Å². The lowest BCUT2D eigenvalue weighted by Crippen LogP contribution is -2.03. The van der Waals surface area contributed by atoms with E-state index in [0.29, 0.717) is 11.7 Å². The van der Waals surface area contributed by atoms with Gasteiger partial charge in [-0.1, -0.05) is 140 Å². The molecule has 11 aromatic rings. The van der Waals surface area contributed by atoms with Crippen LogP contribution in [0.3, 0.4) is 0 Å². The summed E-state index contributed by atoms with van der Waals surface area (Å²) in [5.74, 6) is 0.584. The zero-order valence-electron chi connectivity index (χ0n) is 27.8. The zero-order valence-corrected chi connectivity index (χ0v) is 27.8. The number of furan rings is 1. The molecule has 3 heterocycles. The average molecular weight is 662 g/mol. The van der Waals surface area contributed by atoms with Crippen molar-refractivity contribution < 1.29 is 4.42 Å². The van der Waals surface area contributed by atoms with Gasteiger partial charge in [-0.15, -0.1) is 0 Å². The molecule has 0 N–H and O–H groups in total. The van der Waals surface area contributed by atoms with Crippen LogP contribution in [0.4, 0.5) is 0 Å². The van der Waals surface area contributed by atoms with Gasteiger partial charge in [-0.2, -0.15) is 4.98 Å². The lowest BCUT2D eigenvalue weighted by molar-refractivity contribution is 0.651. The molecule has 52 heavy (non-hydrogen) atoms. The average Bonchev–Trinajstić information content (AvgIpc) is 3.72. The molecule has 0 saturated heterocycles. The van der Waals surface area contributed by atoms with Crippen molar-refractivity contribution in [3.8, 4) is 50.6 Å². The van der Waals surface area contributed by atoms with Crippen LogP contribution in [0.15, 0.2) is 168 Å². The predicted octanol–water partition coefficient (Wildman–Crippen LogP) is 12.8. The minimum absolute atomic E-state index is 0.568. The number of rotatable bonds is 3. The van der Waals surface area contributed by atoms with Gasteiger partial charge in [0.15, 0.2) is 0 Å². The Morgan fingerprint density at radius 2 is 1.08 bits per heavy atom. The molecule has 8 aromatic carbocycles. The normalized spacial score (nSPS) is 12.2. The summed E-state index contributed by atoms with van der Waals surface area (Å²) in [7, 11) is 0. The highest BCUT2D eigenvalue weighted by atomic mass is 16.3. The Balaban J connectivity index is 1.23. The molecular weight excluding hydrogens is 635 g/mol. The van der Waals surface area contributed by atoms with E-state index in [1.807, 2.05) is 6.07 Å². The topological polar surface area (TPSA) is 43.9 Å². The fourth-order valence-electron chi connectivity index (χ4n) is 8.74. The summed E-state index contributed by atoms with van der Waals surface area (Å²) in [5, 5.41) is 9.12. The van der Waals surface area contributed by atoms with Gasteiger partial charge >= 0.3 is 0 Å². The SMILES string of the molecule is c1ccc(-c2ccc3c(c2)oc2nc(-n4c5cccc6c5c5c7c(cccc7ccc54)-c4ccccc4-6)nc(-c4cccc5ccccc45)c23)cc1. The maximum absolute atomic E-state index is 6.76. The minimum atomic E-state index is 0.568. The molecule has 0 radical (unpaired) electrons. The third-order valence-corrected chi connectivity index (χ3v) is 11.0. The number of hydrogen-bond donors (Lipinski definition) is 0. The van der Waals surface area contributed by atoms with Crippen molar-refractivity contribution in [1.82, 2.24) is 14.5 Å². The Kier molecular flexibility index (Phi) is 5.47. The molecule has 0 amide bonds. The van der Waals surface area contributed by atoms with Crippen molar-refractivity contribution in [2.45, 2.75) is 0 Å². The van der Waals surface area contributed by atoms with Crippen LogP contribution in [-0.2, 0) is 0 Å². The van der Waals surface area contributed by atoms with E-state index in [1.165, 1.54) is 43.8 Å². The van der Waals surface area contributed by atoms with Crippen LogP contribution in [0.5, 0.6) is 0 Å². The molecule has 3 aromatic heterocycles. The molecule has 240 valence electrons. The molecule has 1 aliphatic carbocycles. The van der Waals surface area contributed by atoms with Gasteiger partial charge in [0.05, 0.1) is 22.1 Å². The Morgan fingerprint density at radius 1 is 0.404 bits per heavy atom. The largest absolute Gasteiger partial charge is 0.437 e. The second-order valence-corrected chi connectivity index (χ2v) is 13.7. The number of aromatic nitrogens is 3. The van der Waals surface area contributed by atoms with Gasteiger partial charge in [0.2, 0.25) is 11.7 Å². The summed E-state index contributed by atoms with van der Waals surface area (Å²) in [6.07, 6.45) is 0. The van der Waals surface area contributed by atoms with Crippen molar-refractivity contribution in [3.05, 3.63) is 164 Å².